The predicted molar refractivity (Wildman–Crippen MR) is 53.8 cm³/mol. The van der Waals surface area contributed by atoms with E-state index in [0.717, 1.165) is 0 Å². The highest BCUT2D eigenvalue weighted by molar-refractivity contribution is 5.81. The van der Waals surface area contributed by atoms with Crippen LogP contribution in [0.4, 0.5) is 0 Å². The molecule has 1 unspecified atom stereocenters. The average molecular weight is 198 g/mol. The molecule has 1 atom stereocenters. The second-order valence-corrected chi connectivity index (χ2v) is 4.16. The first kappa shape index (κ1) is 11.2. The maximum Gasteiger partial charge on any atom is 0.330 e. The summed E-state index contributed by atoms with van der Waals surface area (Å²) in [6.07, 6.45) is 1.09. The van der Waals surface area contributed by atoms with Gasteiger partial charge in [0.15, 0.2) is 0 Å². The third kappa shape index (κ3) is 1.82. The standard InChI is InChI=1S/C11H18O3/c1-5-10(12)14-9(4)11(8(2)3)6-13-7-11/h5,8-9H,1,6-7H2,2-4H3. The first-order valence-electron chi connectivity index (χ1n) is 4.93. The van der Waals surface area contributed by atoms with Gasteiger partial charge in [0.2, 0.25) is 0 Å². The minimum absolute atomic E-state index is 0.00132. The summed E-state index contributed by atoms with van der Waals surface area (Å²) in [7, 11) is 0. The Hall–Kier alpha value is -0.830. The summed E-state index contributed by atoms with van der Waals surface area (Å²) in [6.45, 7) is 10.9. The Morgan fingerprint density at radius 1 is 1.50 bits per heavy atom. The largest absolute Gasteiger partial charge is 0.459 e. The van der Waals surface area contributed by atoms with Crippen molar-refractivity contribution in [3.05, 3.63) is 12.7 Å². The van der Waals surface area contributed by atoms with E-state index in [9.17, 15) is 4.79 Å². The zero-order valence-corrected chi connectivity index (χ0v) is 9.08. The van der Waals surface area contributed by atoms with Crippen molar-refractivity contribution in [2.45, 2.75) is 26.9 Å². The van der Waals surface area contributed by atoms with Crippen LogP contribution in [0, 0.1) is 11.3 Å². The Balaban J connectivity index is 2.61. The highest BCUT2D eigenvalue weighted by Gasteiger charge is 2.47. The molecular weight excluding hydrogens is 180 g/mol. The molecule has 0 aromatic heterocycles. The molecule has 1 aliphatic rings. The van der Waals surface area contributed by atoms with E-state index in [1.54, 1.807) is 0 Å². The summed E-state index contributed by atoms with van der Waals surface area (Å²) >= 11 is 0. The van der Waals surface area contributed by atoms with Gasteiger partial charge in [0.25, 0.3) is 0 Å². The van der Waals surface area contributed by atoms with Crippen molar-refractivity contribution in [1.29, 1.82) is 0 Å². The second-order valence-electron chi connectivity index (χ2n) is 4.16. The van der Waals surface area contributed by atoms with Crippen molar-refractivity contribution in [2.75, 3.05) is 13.2 Å². The highest BCUT2D eigenvalue weighted by atomic mass is 16.6. The topological polar surface area (TPSA) is 35.5 Å². The lowest BCUT2D eigenvalue weighted by atomic mass is 9.71. The molecule has 14 heavy (non-hydrogen) atoms. The van der Waals surface area contributed by atoms with E-state index in [-0.39, 0.29) is 17.5 Å². The van der Waals surface area contributed by atoms with E-state index >= 15 is 0 Å². The van der Waals surface area contributed by atoms with Gasteiger partial charge in [-0.3, -0.25) is 0 Å². The normalized spacial score (nSPS) is 21.1. The number of rotatable bonds is 4. The fraction of sp³-hybridized carbons (Fsp3) is 0.727. The van der Waals surface area contributed by atoms with Crippen LogP contribution in [0.3, 0.4) is 0 Å². The number of ether oxygens (including phenoxy) is 2. The Kier molecular flexibility index (Phi) is 3.32. The zero-order chi connectivity index (χ0) is 10.8. The van der Waals surface area contributed by atoms with E-state index in [0.29, 0.717) is 19.1 Å². The molecule has 1 heterocycles. The number of carbonyl (C=O) groups excluding carboxylic acids is 1. The number of esters is 1. The zero-order valence-electron chi connectivity index (χ0n) is 9.08. The van der Waals surface area contributed by atoms with Gasteiger partial charge in [0.05, 0.1) is 18.6 Å². The molecule has 0 bridgehead atoms. The van der Waals surface area contributed by atoms with Gasteiger partial charge < -0.3 is 9.47 Å². The molecule has 0 N–H and O–H groups in total. The molecule has 0 saturated carbocycles. The van der Waals surface area contributed by atoms with Crippen molar-refractivity contribution in [1.82, 2.24) is 0 Å². The van der Waals surface area contributed by atoms with Crippen molar-refractivity contribution in [3.8, 4) is 0 Å². The van der Waals surface area contributed by atoms with Crippen LogP contribution in [0.25, 0.3) is 0 Å². The van der Waals surface area contributed by atoms with Crippen molar-refractivity contribution >= 4 is 5.97 Å². The summed E-state index contributed by atoms with van der Waals surface area (Å²) in [4.78, 5) is 11.1. The molecule has 80 valence electrons. The first-order chi connectivity index (χ1) is 6.53. The summed E-state index contributed by atoms with van der Waals surface area (Å²) in [6, 6.07) is 0. The quantitative estimate of drug-likeness (QED) is 0.510. The van der Waals surface area contributed by atoms with Crippen LogP contribution in [-0.2, 0) is 14.3 Å². The average Bonchev–Trinajstić information content (AvgIpc) is 2.00. The van der Waals surface area contributed by atoms with Crippen LogP contribution < -0.4 is 0 Å². The molecular formula is C11H18O3. The highest BCUT2D eigenvalue weighted by Crippen LogP contribution is 2.40. The van der Waals surface area contributed by atoms with E-state index in [1.165, 1.54) is 6.08 Å². The van der Waals surface area contributed by atoms with Gasteiger partial charge in [0.1, 0.15) is 6.10 Å². The predicted octanol–water partition coefficient (Wildman–Crippen LogP) is 1.78. The fourth-order valence-corrected chi connectivity index (χ4v) is 1.71. The van der Waals surface area contributed by atoms with Gasteiger partial charge in [-0.1, -0.05) is 20.4 Å². The van der Waals surface area contributed by atoms with Crippen LogP contribution in [0.15, 0.2) is 12.7 Å². The van der Waals surface area contributed by atoms with Gasteiger partial charge in [-0.25, -0.2) is 4.79 Å². The lowest BCUT2D eigenvalue weighted by Gasteiger charge is -2.48. The van der Waals surface area contributed by atoms with Crippen LogP contribution in [0.2, 0.25) is 0 Å². The van der Waals surface area contributed by atoms with Gasteiger partial charge in [-0.05, 0) is 12.8 Å². The Bertz CT molecular complexity index is 229. The molecule has 0 aromatic carbocycles. The number of hydrogen-bond acceptors (Lipinski definition) is 3. The number of hydrogen-bond donors (Lipinski definition) is 0. The maximum absolute atomic E-state index is 11.1. The third-order valence-corrected chi connectivity index (χ3v) is 3.16. The SMILES string of the molecule is C=CC(=O)OC(C)C1(C(C)C)COC1. The molecule has 3 heteroatoms. The van der Waals surface area contributed by atoms with Crippen molar-refractivity contribution in [2.24, 2.45) is 11.3 Å². The lowest BCUT2D eigenvalue weighted by Crippen LogP contribution is -2.55. The van der Waals surface area contributed by atoms with Gasteiger partial charge in [0, 0.05) is 6.08 Å². The molecule has 0 spiro atoms. The molecule has 1 aliphatic heterocycles. The minimum Gasteiger partial charge on any atom is -0.459 e. The second kappa shape index (κ2) is 4.13. The van der Waals surface area contributed by atoms with Crippen LogP contribution in [0.1, 0.15) is 20.8 Å². The van der Waals surface area contributed by atoms with Crippen molar-refractivity contribution < 1.29 is 14.3 Å². The van der Waals surface area contributed by atoms with E-state index in [2.05, 4.69) is 20.4 Å². The van der Waals surface area contributed by atoms with E-state index in [1.807, 2.05) is 6.92 Å². The lowest BCUT2D eigenvalue weighted by molar-refractivity contribution is -0.204. The monoisotopic (exact) mass is 198 g/mol. The molecule has 3 nitrogen and oxygen atoms in total. The van der Waals surface area contributed by atoms with Crippen molar-refractivity contribution in [3.63, 3.8) is 0 Å². The van der Waals surface area contributed by atoms with Crippen LogP contribution in [-0.4, -0.2) is 25.3 Å². The molecule has 1 rings (SSSR count). The number of carbonyl (C=O) groups is 1. The molecule has 0 aliphatic carbocycles. The van der Waals surface area contributed by atoms with Crippen LogP contribution >= 0.6 is 0 Å². The minimum atomic E-state index is -0.357. The summed E-state index contributed by atoms with van der Waals surface area (Å²) in [5.41, 5.74) is -0.00132. The maximum atomic E-state index is 11.1. The Morgan fingerprint density at radius 3 is 2.36 bits per heavy atom. The van der Waals surface area contributed by atoms with E-state index < -0.39 is 0 Å². The van der Waals surface area contributed by atoms with Gasteiger partial charge in [-0.2, -0.15) is 0 Å². The molecule has 0 radical (unpaired) electrons. The summed E-state index contributed by atoms with van der Waals surface area (Å²) in [5, 5.41) is 0. The molecule has 1 saturated heterocycles. The van der Waals surface area contributed by atoms with Gasteiger partial charge >= 0.3 is 5.97 Å². The third-order valence-electron chi connectivity index (χ3n) is 3.16. The van der Waals surface area contributed by atoms with Crippen LogP contribution in [0.5, 0.6) is 0 Å². The smallest absolute Gasteiger partial charge is 0.330 e. The Labute approximate surface area is 85.1 Å². The van der Waals surface area contributed by atoms with E-state index in [4.69, 9.17) is 9.47 Å². The first-order valence-corrected chi connectivity index (χ1v) is 4.93. The Morgan fingerprint density at radius 2 is 2.07 bits per heavy atom. The fourth-order valence-electron chi connectivity index (χ4n) is 1.71. The van der Waals surface area contributed by atoms with Gasteiger partial charge in [-0.15, -0.1) is 0 Å². The summed E-state index contributed by atoms with van der Waals surface area (Å²) in [5.74, 6) is 0.0910. The molecule has 0 aromatic rings. The molecule has 0 amide bonds. The summed E-state index contributed by atoms with van der Waals surface area (Å²) < 4.78 is 10.4. The molecule has 1 fully saturated rings.